The van der Waals surface area contributed by atoms with E-state index < -0.39 is 19.1 Å². The summed E-state index contributed by atoms with van der Waals surface area (Å²) in [5, 5.41) is 0. The summed E-state index contributed by atoms with van der Waals surface area (Å²) in [6.07, 6.45) is 0. The fourth-order valence-corrected chi connectivity index (χ4v) is 0. The van der Waals surface area contributed by atoms with Crippen LogP contribution in [-0.2, 0) is 65.2 Å². The standard InChI is InChI=1S/Ag.Cu.2O.Ti. The van der Waals surface area contributed by atoms with Gasteiger partial charge in [-0.3, -0.25) is 0 Å². The molecule has 0 rings (SSSR count). The van der Waals surface area contributed by atoms with Crippen LogP contribution in [0.3, 0.4) is 0 Å². The molecule has 0 spiro atoms. The van der Waals surface area contributed by atoms with Gasteiger partial charge in [-0.05, 0) is 0 Å². The van der Waals surface area contributed by atoms with Crippen molar-refractivity contribution in [2.45, 2.75) is 0 Å². The molecule has 0 aliphatic rings. The first-order valence-electron chi connectivity index (χ1n) is 0.408. The summed E-state index contributed by atoms with van der Waals surface area (Å²) in [5.74, 6) is 0. The van der Waals surface area contributed by atoms with Crippen molar-refractivity contribution in [1.82, 2.24) is 0 Å². The van der Waals surface area contributed by atoms with Crippen LogP contribution < -0.4 is 0 Å². The maximum absolute atomic E-state index is 8.50. The Morgan fingerprint density at radius 3 is 1.20 bits per heavy atom. The average Bonchev–Trinajstić information content (AvgIpc) is 0.918. The van der Waals surface area contributed by atoms with Crippen LogP contribution in [0, 0.1) is 0 Å². The van der Waals surface area contributed by atoms with E-state index >= 15 is 0 Å². The quantitative estimate of drug-likeness (QED) is 0.557. The van der Waals surface area contributed by atoms with E-state index in [1.54, 1.807) is 0 Å². The van der Waals surface area contributed by atoms with Gasteiger partial charge in [0.15, 0.2) is 0 Å². The molecule has 0 amide bonds. The molecule has 0 bridgehead atoms. The van der Waals surface area contributed by atoms with Gasteiger partial charge in [-0.1, -0.05) is 0 Å². The molecule has 2 radical (unpaired) electrons. The molecule has 0 unspecified atom stereocenters. The molecule has 0 saturated carbocycles. The summed E-state index contributed by atoms with van der Waals surface area (Å²) in [6, 6.07) is 0. The fraction of sp³-hybridized carbons (Fsp3) is 0. The first kappa shape index (κ1) is 16.0. The van der Waals surface area contributed by atoms with E-state index in [2.05, 4.69) is 0 Å². The van der Waals surface area contributed by atoms with Crippen LogP contribution in [0.5, 0.6) is 0 Å². The van der Waals surface area contributed by atoms with Gasteiger partial charge in [-0.15, -0.1) is 0 Å². The molecule has 0 aliphatic heterocycles. The van der Waals surface area contributed by atoms with Crippen LogP contribution in [0.1, 0.15) is 0 Å². The maximum atomic E-state index is 8.50. The van der Waals surface area contributed by atoms with E-state index in [0.717, 1.165) is 0 Å². The van der Waals surface area contributed by atoms with Crippen molar-refractivity contribution in [3.05, 3.63) is 0 Å². The van der Waals surface area contributed by atoms with Crippen LogP contribution in [-0.4, -0.2) is 0 Å². The second kappa shape index (κ2) is 17.6. The van der Waals surface area contributed by atoms with Crippen LogP contribution in [0.2, 0.25) is 0 Å². The third kappa shape index (κ3) is 28.7. The molecule has 0 N–H and O–H groups in total. The van der Waals surface area contributed by atoms with E-state index in [0.29, 0.717) is 0 Å². The number of hydrogen-bond acceptors (Lipinski definition) is 2. The second-order valence-electron chi connectivity index (χ2n) is 0.0833. The van der Waals surface area contributed by atoms with Crippen molar-refractivity contribution in [3.8, 4) is 0 Å². The summed E-state index contributed by atoms with van der Waals surface area (Å²) in [7, 11) is 0. The Morgan fingerprint density at radius 2 is 1.20 bits per heavy atom. The Hall–Kier alpha value is 1.57. The van der Waals surface area contributed by atoms with Gasteiger partial charge < -0.3 is 0 Å². The summed E-state index contributed by atoms with van der Waals surface area (Å²) in [5.41, 5.74) is 0. The van der Waals surface area contributed by atoms with E-state index in [4.69, 9.17) is 6.65 Å². The predicted molar refractivity (Wildman–Crippen MR) is 1.37 cm³/mol. The molecule has 0 aromatic rings. The minimum absolute atomic E-state index is 0. The van der Waals surface area contributed by atoms with Crippen molar-refractivity contribution >= 4 is 0 Å². The zero-order valence-electron chi connectivity index (χ0n) is 1.92. The van der Waals surface area contributed by atoms with Gasteiger partial charge in [-0.2, -0.15) is 0 Å². The average molecular weight is 251 g/mol. The van der Waals surface area contributed by atoms with Crippen molar-refractivity contribution in [2.75, 3.05) is 0 Å². The molecule has 0 aliphatic carbocycles. The normalized spacial score (nSPS) is 1.60. The first-order chi connectivity index (χ1) is 1.41. The van der Waals surface area contributed by atoms with Gasteiger partial charge in [-0.25, -0.2) is 0 Å². The summed E-state index contributed by atoms with van der Waals surface area (Å²) in [6.45, 7) is 0. The summed E-state index contributed by atoms with van der Waals surface area (Å²) < 4.78 is 17.0. The van der Waals surface area contributed by atoms with Crippen molar-refractivity contribution in [2.24, 2.45) is 0 Å². The third-order valence-electron chi connectivity index (χ3n) is 0. The molecule has 0 fully saturated rings. The summed E-state index contributed by atoms with van der Waals surface area (Å²) >= 11 is -2.00. The van der Waals surface area contributed by atoms with E-state index in [-0.39, 0.29) is 39.4 Å². The van der Waals surface area contributed by atoms with E-state index in [1.165, 1.54) is 0 Å². The zero-order valence-corrected chi connectivity index (χ0v) is 5.90. The SMILES string of the molecule is [Ag].[Cu].[O]=[Ti]=[O]. The van der Waals surface area contributed by atoms with E-state index in [9.17, 15) is 0 Å². The van der Waals surface area contributed by atoms with Gasteiger partial charge in [0.2, 0.25) is 0 Å². The monoisotopic (exact) mass is 250 g/mol. The Kier molecular flexibility index (Phi) is 56.3. The zero-order chi connectivity index (χ0) is 2.71. The Morgan fingerprint density at radius 1 is 1.20 bits per heavy atom. The van der Waals surface area contributed by atoms with Crippen molar-refractivity contribution in [3.63, 3.8) is 0 Å². The van der Waals surface area contributed by atoms with Crippen LogP contribution >= 0.6 is 0 Å². The van der Waals surface area contributed by atoms with Gasteiger partial charge in [0.1, 0.15) is 0 Å². The van der Waals surface area contributed by atoms with Gasteiger partial charge in [0, 0.05) is 39.4 Å². The molecule has 38 valence electrons. The minimum atomic E-state index is -2.00. The molecular weight excluding hydrogens is 251 g/mol. The van der Waals surface area contributed by atoms with Gasteiger partial charge in [0.05, 0.1) is 0 Å². The fourth-order valence-electron chi connectivity index (χ4n) is 0. The second-order valence-corrected chi connectivity index (χ2v) is 0.344. The van der Waals surface area contributed by atoms with Gasteiger partial charge >= 0.3 is 25.7 Å². The third-order valence-corrected chi connectivity index (χ3v) is 0. The molecule has 0 heterocycles. The van der Waals surface area contributed by atoms with Gasteiger partial charge in [0.25, 0.3) is 0 Å². The first-order valence-corrected chi connectivity index (χ1v) is 1.68. The molecule has 0 aromatic carbocycles. The number of hydrogen-bond donors (Lipinski definition) is 0. The molecule has 5 heavy (non-hydrogen) atoms. The predicted octanol–water partition coefficient (Wildman–Crippen LogP) is -0.245. The molecule has 5 heteroatoms. The van der Waals surface area contributed by atoms with E-state index in [1.807, 2.05) is 0 Å². The summed E-state index contributed by atoms with van der Waals surface area (Å²) in [4.78, 5) is 0. The molecular formula is AgCuO2Ti. The van der Waals surface area contributed by atoms with Crippen molar-refractivity contribution < 1.29 is 65.2 Å². The molecule has 2 nitrogen and oxygen atoms in total. The van der Waals surface area contributed by atoms with Crippen LogP contribution in [0.15, 0.2) is 0 Å². The Labute approximate surface area is 64.6 Å². The molecule has 0 aromatic heterocycles. The molecule has 0 saturated heterocycles. The Bertz CT molecular complexity index is 30.6. The molecule has 0 atom stereocenters. The van der Waals surface area contributed by atoms with Crippen LogP contribution in [0.4, 0.5) is 0 Å². The number of rotatable bonds is 0. The topological polar surface area (TPSA) is 34.1 Å². The van der Waals surface area contributed by atoms with Crippen molar-refractivity contribution in [1.29, 1.82) is 0 Å². The Balaban J connectivity index is -0.0000000200. The van der Waals surface area contributed by atoms with Crippen LogP contribution in [0.25, 0.3) is 0 Å².